The molecule has 3 aromatic rings. The van der Waals surface area contributed by atoms with Crippen molar-refractivity contribution in [1.29, 1.82) is 0 Å². The first-order valence-electron chi connectivity index (χ1n) is 9.47. The van der Waals surface area contributed by atoms with Gasteiger partial charge in [-0.15, -0.1) is 0 Å². The van der Waals surface area contributed by atoms with Crippen molar-refractivity contribution in [2.24, 2.45) is 4.99 Å². The third kappa shape index (κ3) is 4.84. The Hall–Kier alpha value is -3.16. The van der Waals surface area contributed by atoms with Gasteiger partial charge in [0.25, 0.3) is 0 Å². The maximum Gasteiger partial charge on any atom is 0.363 e. The standard InChI is InChI=1S/C24H16BrClFNO4/c1-30-21-12-15(10-18(26)22(21)31-13-14-6-8-16(25)9-7-14)11-20-24(29)32-23(28-20)17-4-2-3-5-19(17)27/h2-12H,13H2,1H3/b20-11-. The van der Waals surface area contributed by atoms with Crippen LogP contribution in [0.4, 0.5) is 4.39 Å². The molecule has 3 aromatic carbocycles. The molecule has 0 saturated carbocycles. The Morgan fingerprint density at radius 3 is 2.62 bits per heavy atom. The van der Waals surface area contributed by atoms with E-state index in [9.17, 15) is 9.18 Å². The molecule has 0 fully saturated rings. The van der Waals surface area contributed by atoms with E-state index in [-0.39, 0.29) is 17.2 Å². The van der Waals surface area contributed by atoms with Crippen LogP contribution >= 0.6 is 27.5 Å². The summed E-state index contributed by atoms with van der Waals surface area (Å²) in [5.74, 6) is -0.534. The number of methoxy groups -OCH3 is 1. The molecule has 0 aromatic heterocycles. The van der Waals surface area contributed by atoms with Gasteiger partial charge in [0, 0.05) is 4.47 Å². The minimum absolute atomic E-state index is 0.0184. The zero-order valence-corrected chi connectivity index (χ0v) is 19.1. The van der Waals surface area contributed by atoms with Crippen LogP contribution in [-0.2, 0) is 16.1 Å². The van der Waals surface area contributed by atoms with Crippen molar-refractivity contribution in [3.8, 4) is 11.5 Å². The maximum atomic E-state index is 14.0. The second kappa shape index (κ2) is 9.54. The number of halogens is 3. The highest BCUT2D eigenvalue weighted by molar-refractivity contribution is 9.10. The summed E-state index contributed by atoms with van der Waals surface area (Å²) < 4.78 is 31.4. The molecular formula is C24H16BrClFNO4. The van der Waals surface area contributed by atoms with Crippen LogP contribution in [0.25, 0.3) is 6.08 Å². The Labute approximate surface area is 197 Å². The van der Waals surface area contributed by atoms with Crippen molar-refractivity contribution < 1.29 is 23.4 Å². The van der Waals surface area contributed by atoms with E-state index in [4.69, 9.17) is 25.8 Å². The number of cyclic esters (lactones) is 1. The molecule has 0 spiro atoms. The quantitative estimate of drug-likeness (QED) is 0.290. The van der Waals surface area contributed by atoms with Gasteiger partial charge in [0.15, 0.2) is 17.2 Å². The van der Waals surface area contributed by atoms with Gasteiger partial charge in [0.1, 0.15) is 12.4 Å². The Morgan fingerprint density at radius 1 is 1.16 bits per heavy atom. The molecule has 0 atom stereocenters. The molecule has 0 unspecified atom stereocenters. The van der Waals surface area contributed by atoms with Gasteiger partial charge in [-0.25, -0.2) is 14.2 Å². The fourth-order valence-corrected chi connectivity index (χ4v) is 3.55. The molecule has 8 heteroatoms. The van der Waals surface area contributed by atoms with Gasteiger partial charge in [-0.2, -0.15) is 0 Å². The highest BCUT2D eigenvalue weighted by Crippen LogP contribution is 2.38. The molecule has 0 aliphatic carbocycles. The number of rotatable bonds is 6. The summed E-state index contributed by atoms with van der Waals surface area (Å²) in [6.07, 6.45) is 1.49. The number of carbonyl (C=O) groups excluding carboxylic acids is 1. The van der Waals surface area contributed by atoms with E-state index in [1.807, 2.05) is 24.3 Å². The van der Waals surface area contributed by atoms with Crippen LogP contribution in [0.15, 0.2) is 75.8 Å². The molecule has 32 heavy (non-hydrogen) atoms. The smallest absolute Gasteiger partial charge is 0.363 e. The molecule has 0 bridgehead atoms. The lowest BCUT2D eigenvalue weighted by Crippen LogP contribution is -2.07. The molecule has 4 rings (SSSR count). The molecule has 0 saturated heterocycles. The van der Waals surface area contributed by atoms with Crippen LogP contribution in [0.3, 0.4) is 0 Å². The van der Waals surface area contributed by atoms with Crippen LogP contribution < -0.4 is 9.47 Å². The first-order valence-corrected chi connectivity index (χ1v) is 10.6. The zero-order valence-electron chi connectivity index (χ0n) is 16.8. The molecule has 1 heterocycles. The molecule has 0 radical (unpaired) electrons. The van der Waals surface area contributed by atoms with Crippen LogP contribution in [0, 0.1) is 5.82 Å². The van der Waals surface area contributed by atoms with Gasteiger partial charge in [0.05, 0.1) is 17.7 Å². The molecule has 5 nitrogen and oxygen atoms in total. The van der Waals surface area contributed by atoms with Crippen molar-refractivity contribution in [2.45, 2.75) is 6.61 Å². The number of carbonyl (C=O) groups is 1. The van der Waals surface area contributed by atoms with E-state index in [2.05, 4.69) is 20.9 Å². The molecule has 1 aliphatic heterocycles. The number of aliphatic imine (C=N–C) groups is 1. The Morgan fingerprint density at radius 2 is 1.91 bits per heavy atom. The lowest BCUT2D eigenvalue weighted by atomic mass is 10.1. The second-order valence-corrected chi connectivity index (χ2v) is 8.09. The van der Waals surface area contributed by atoms with Crippen molar-refractivity contribution in [2.75, 3.05) is 7.11 Å². The predicted molar refractivity (Wildman–Crippen MR) is 123 cm³/mol. The van der Waals surface area contributed by atoms with Crippen molar-refractivity contribution >= 4 is 45.5 Å². The van der Waals surface area contributed by atoms with Gasteiger partial charge in [-0.3, -0.25) is 0 Å². The zero-order chi connectivity index (χ0) is 22.7. The Kier molecular flexibility index (Phi) is 6.58. The Balaban J connectivity index is 1.59. The average Bonchev–Trinajstić information content (AvgIpc) is 3.14. The summed E-state index contributed by atoms with van der Waals surface area (Å²) in [6, 6.07) is 16.9. The van der Waals surface area contributed by atoms with E-state index >= 15 is 0 Å². The topological polar surface area (TPSA) is 57.1 Å². The van der Waals surface area contributed by atoms with E-state index in [1.54, 1.807) is 24.3 Å². The monoisotopic (exact) mass is 515 g/mol. The predicted octanol–water partition coefficient (Wildman–Crippen LogP) is 6.17. The van der Waals surface area contributed by atoms with Crippen molar-refractivity contribution in [1.82, 2.24) is 0 Å². The summed E-state index contributed by atoms with van der Waals surface area (Å²) in [7, 11) is 1.49. The van der Waals surface area contributed by atoms with Crippen LogP contribution in [-0.4, -0.2) is 19.0 Å². The second-order valence-electron chi connectivity index (χ2n) is 6.77. The number of nitrogens with zero attached hydrogens (tertiary/aromatic N) is 1. The van der Waals surface area contributed by atoms with E-state index in [0.29, 0.717) is 28.7 Å². The van der Waals surface area contributed by atoms with Gasteiger partial charge >= 0.3 is 5.97 Å². The lowest BCUT2D eigenvalue weighted by molar-refractivity contribution is -0.129. The number of hydrogen-bond donors (Lipinski definition) is 0. The fourth-order valence-electron chi connectivity index (χ4n) is 3.02. The summed E-state index contributed by atoms with van der Waals surface area (Å²) >= 11 is 9.82. The minimum atomic E-state index is -0.686. The van der Waals surface area contributed by atoms with E-state index < -0.39 is 11.8 Å². The van der Waals surface area contributed by atoms with Gasteiger partial charge in [-0.1, -0.05) is 51.8 Å². The van der Waals surface area contributed by atoms with Crippen LogP contribution in [0.2, 0.25) is 5.02 Å². The number of ether oxygens (including phenoxy) is 3. The highest BCUT2D eigenvalue weighted by Gasteiger charge is 2.26. The van der Waals surface area contributed by atoms with Gasteiger partial charge in [-0.05, 0) is 53.6 Å². The molecule has 0 amide bonds. The fraction of sp³-hybridized carbons (Fsp3) is 0.0833. The summed E-state index contributed by atoms with van der Waals surface area (Å²) in [5.41, 5.74) is 1.64. The van der Waals surface area contributed by atoms with Crippen molar-refractivity contribution in [3.05, 3.63) is 98.4 Å². The number of benzene rings is 3. The molecule has 0 N–H and O–H groups in total. The molecule has 162 valence electrons. The first-order chi connectivity index (χ1) is 15.4. The largest absolute Gasteiger partial charge is 0.493 e. The Bertz CT molecular complexity index is 1240. The minimum Gasteiger partial charge on any atom is -0.493 e. The third-order valence-electron chi connectivity index (χ3n) is 4.58. The lowest BCUT2D eigenvalue weighted by Gasteiger charge is -2.13. The van der Waals surface area contributed by atoms with Crippen molar-refractivity contribution in [3.63, 3.8) is 0 Å². The molecular weight excluding hydrogens is 501 g/mol. The van der Waals surface area contributed by atoms with Crippen LogP contribution in [0.5, 0.6) is 11.5 Å². The normalized spacial score (nSPS) is 14.3. The average molecular weight is 517 g/mol. The van der Waals surface area contributed by atoms with E-state index in [0.717, 1.165) is 10.0 Å². The number of esters is 1. The van der Waals surface area contributed by atoms with Gasteiger partial charge in [0.2, 0.25) is 5.90 Å². The summed E-state index contributed by atoms with van der Waals surface area (Å²) in [5, 5.41) is 0.304. The van der Waals surface area contributed by atoms with Crippen LogP contribution in [0.1, 0.15) is 16.7 Å². The highest BCUT2D eigenvalue weighted by atomic mass is 79.9. The third-order valence-corrected chi connectivity index (χ3v) is 5.39. The van der Waals surface area contributed by atoms with Gasteiger partial charge < -0.3 is 14.2 Å². The SMILES string of the molecule is COc1cc(/C=C2\N=C(c3ccccc3F)OC2=O)cc(Cl)c1OCc1ccc(Br)cc1. The molecule has 1 aliphatic rings. The van der Waals surface area contributed by atoms with E-state index in [1.165, 1.54) is 25.3 Å². The number of hydrogen-bond acceptors (Lipinski definition) is 5. The first kappa shape index (κ1) is 22.0. The summed E-state index contributed by atoms with van der Waals surface area (Å²) in [6.45, 7) is 0.298. The summed E-state index contributed by atoms with van der Waals surface area (Å²) in [4.78, 5) is 16.4. The maximum absolute atomic E-state index is 14.0.